The van der Waals surface area contributed by atoms with Gasteiger partial charge in [0.1, 0.15) is 11.6 Å². The summed E-state index contributed by atoms with van der Waals surface area (Å²) in [4.78, 5) is 22.6. The molecule has 0 saturated carbocycles. The number of hydrogen-bond acceptors (Lipinski definition) is 3. The Hall–Kier alpha value is -2.89. The van der Waals surface area contributed by atoms with Crippen molar-refractivity contribution >= 4 is 11.9 Å². The summed E-state index contributed by atoms with van der Waals surface area (Å²) in [7, 11) is 0. The fourth-order valence-corrected chi connectivity index (χ4v) is 2.68. The Kier molecular flexibility index (Phi) is 5.52. The van der Waals surface area contributed by atoms with E-state index < -0.39 is 36.0 Å². The van der Waals surface area contributed by atoms with Crippen LogP contribution in [0.1, 0.15) is 23.5 Å². The second-order valence-corrected chi connectivity index (χ2v) is 5.57. The van der Waals surface area contributed by atoms with Crippen molar-refractivity contribution in [3.8, 4) is 5.75 Å². The lowest BCUT2D eigenvalue weighted by Crippen LogP contribution is -2.26. The van der Waals surface area contributed by atoms with Crippen LogP contribution in [0, 0.1) is 11.7 Å². The quantitative estimate of drug-likeness (QED) is 0.724. The maximum absolute atomic E-state index is 13.1. The fourth-order valence-electron chi connectivity index (χ4n) is 2.68. The molecular weight excluding hydrogens is 315 g/mol. The van der Waals surface area contributed by atoms with Crippen molar-refractivity contribution in [1.29, 1.82) is 0 Å². The molecule has 3 N–H and O–H groups in total. The van der Waals surface area contributed by atoms with Crippen LogP contribution < -0.4 is 0 Å². The maximum Gasteiger partial charge on any atom is 0.307 e. The zero-order chi connectivity index (χ0) is 17.7. The Morgan fingerprint density at radius 1 is 0.958 bits per heavy atom. The van der Waals surface area contributed by atoms with Crippen LogP contribution in [-0.4, -0.2) is 27.3 Å². The molecule has 0 aliphatic heterocycles. The number of hydrogen-bond donors (Lipinski definition) is 3. The van der Waals surface area contributed by atoms with Crippen LogP contribution >= 0.6 is 0 Å². The highest BCUT2D eigenvalue weighted by Crippen LogP contribution is 2.32. The average Bonchev–Trinajstić information content (AvgIpc) is 2.53. The van der Waals surface area contributed by atoms with E-state index in [4.69, 9.17) is 5.11 Å². The average molecular weight is 332 g/mol. The minimum absolute atomic E-state index is 0.0318. The third-order valence-electron chi connectivity index (χ3n) is 3.89. The van der Waals surface area contributed by atoms with E-state index >= 15 is 0 Å². The molecule has 126 valence electrons. The van der Waals surface area contributed by atoms with Gasteiger partial charge in [-0.3, -0.25) is 9.59 Å². The molecule has 24 heavy (non-hydrogen) atoms. The molecule has 0 saturated heterocycles. The molecule has 0 spiro atoms. The first-order valence-corrected chi connectivity index (χ1v) is 7.35. The number of rotatable bonds is 7. The van der Waals surface area contributed by atoms with Crippen LogP contribution in [-0.2, 0) is 16.0 Å². The van der Waals surface area contributed by atoms with E-state index in [1.54, 1.807) is 24.3 Å². The lowest BCUT2D eigenvalue weighted by Gasteiger charge is -2.23. The van der Waals surface area contributed by atoms with E-state index in [1.165, 1.54) is 24.3 Å². The zero-order valence-corrected chi connectivity index (χ0v) is 12.7. The van der Waals surface area contributed by atoms with Gasteiger partial charge in [0, 0.05) is 5.92 Å². The Labute approximate surface area is 138 Å². The maximum atomic E-state index is 13.1. The number of carboxylic acids is 2. The zero-order valence-electron chi connectivity index (χ0n) is 12.7. The fraction of sp³-hybridized carbons (Fsp3) is 0.222. The highest BCUT2D eigenvalue weighted by Gasteiger charge is 2.31. The summed E-state index contributed by atoms with van der Waals surface area (Å²) in [5.41, 5.74) is 1.30. The monoisotopic (exact) mass is 332 g/mol. The predicted molar refractivity (Wildman–Crippen MR) is 84.3 cm³/mol. The van der Waals surface area contributed by atoms with Gasteiger partial charge in [0.25, 0.3) is 0 Å². The van der Waals surface area contributed by atoms with Crippen LogP contribution in [0.3, 0.4) is 0 Å². The molecule has 0 amide bonds. The number of aliphatic carboxylic acids is 2. The summed E-state index contributed by atoms with van der Waals surface area (Å²) in [6, 6.07) is 11.6. The molecule has 2 unspecified atom stereocenters. The van der Waals surface area contributed by atoms with Gasteiger partial charge < -0.3 is 15.3 Å². The Balaban J connectivity index is 2.38. The topological polar surface area (TPSA) is 94.8 Å². The molecular formula is C18H17FO5. The van der Waals surface area contributed by atoms with Crippen molar-refractivity contribution in [2.75, 3.05) is 0 Å². The minimum atomic E-state index is -1.21. The van der Waals surface area contributed by atoms with Gasteiger partial charge in [-0.25, -0.2) is 4.39 Å². The van der Waals surface area contributed by atoms with Gasteiger partial charge in [-0.15, -0.1) is 0 Å². The van der Waals surface area contributed by atoms with Crippen molar-refractivity contribution in [2.45, 2.75) is 18.8 Å². The molecule has 0 fully saturated rings. The first kappa shape index (κ1) is 17.5. The largest absolute Gasteiger partial charge is 0.508 e. The Morgan fingerprint density at radius 2 is 1.54 bits per heavy atom. The number of carbonyl (C=O) groups is 2. The Morgan fingerprint density at radius 3 is 2.04 bits per heavy atom. The standard InChI is InChI=1S/C18H17FO5/c19-13-5-1-11(2-6-13)9-15(12-3-7-14(20)8-4-12)16(18(23)24)10-17(21)22/h1-8,15-16,20H,9-10H2,(H,21,22)(H,23,24). The summed E-state index contributed by atoms with van der Waals surface area (Å²) in [5, 5.41) is 27.9. The molecule has 2 rings (SSSR count). The molecule has 0 aromatic heterocycles. The van der Waals surface area contributed by atoms with E-state index in [9.17, 15) is 24.2 Å². The van der Waals surface area contributed by atoms with E-state index in [0.29, 0.717) is 11.1 Å². The highest BCUT2D eigenvalue weighted by atomic mass is 19.1. The smallest absolute Gasteiger partial charge is 0.307 e. The van der Waals surface area contributed by atoms with Gasteiger partial charge in [0.15, 0.2) is 0 Å². The normalized spacial score (nSPS) is 13.2. The van der Waals surface area contributed by atoms with Gasteiger partial charge in [0.05, 0.1) is 12.3 Å². The summed E-state index contributed by atoms with van der Waals surface area (Å²) in [6.45, 7) is 0. The third-order valence-corrected chi connectivity index (χ3v) is 3.89. The number of halogens is 1. The van der Waals surface area contributed by atoms with Gasteiger partial charge in [-0.1, -0.05) is 24.3 Å². The second kappa shape index (κ2) is 7.59. The minimum Gasteiger partial charge on any atom is -0.508 e. The van der Waals surface area contributed by atoms with Crippen LogP contribution in [0.4, 0.5) is 4.39 Å². The van der Waals surface area contributed by atoms with Gasteiger partial charge in [-0.05, 0) is 41.8 Å². The number of phenolic OH excluding ortho intramolecular Hbond substituents is 1. The van der Waals surface area contributed by atoms with Crippen molar-refractivity contribution in [3.63, 3.8) is 0 Å². The highest BCUT2D eigenvalue weighted by molar-refractivity contribution is 5.78. The molecule has 5 nitrogen and oxygen atoms in total. The molecule has 6 heteroatoms. The molecule has 2 aromatic carbocycles. The van der Waals surface area contributed by atoms with Crippen molar-refractivity contribution in [1.82, 2.24) is 0 Å². The second-order valence-electron chi connectivity index (χ2n) is 5.57. The van der Waals surface area contributed by atoms with Crippen molar-refractivity contribution in [3.05, 3.63) is 65.5 Å². The van der Waals surface area contributed by atoms with Gasteiger partial charge in [0.2, 0.25) is 0 Å². The first-order valence-electron chi connectivity index (χ1n) is 7.35. The van der Waals surface area contributed by atoms with Crippen LogP contribution in [0.15, 0.2) is 48.5 Å². The molecule has 0 aliphatic rings. The van der Waals surface area contributed by atoms with E-state index in [-0.39, 0.29) is 12.2 Å². The summed E-state index contributed by atoms with van der Waals surface area (Å²) in [5.74, 6) is -4.55. The SMILES string of the molecule is O=C(O)CC(C(=O)O)C(Cc1ccc(F)cc1)c1ccc(O)cc1. The van der Waals surface area contributed by atoms with Crippen molar-refractivity contribution < 1.29 is 29.3 Å². The lowest BCUT2D eigenvalue weighted by molar-refractivity contribution is -0.149. The van der Waals surface area contributed by atoms with Crippen molar-refractivity contribution in [2.24, 2.45) is 5.92 Å². The van der Waals surface area contributed by atoms with Crippen LogP contribution in [0.5, 0.6) is 5.75 Å². The van der Waals surface area contributed by atoms with Gasteiger partial charge in [-0.2, -0.15) is 0 Å². The van der Waals surface area contributed by atoms with E-state index in [1.807, 2.05) is 0 Å². The number of carboxylic acid groups (broad SMARTS) is 2. The molecule has 2 aromatic rings. The lowest BCUT2D eigenvalue weighted by atomic mass is 9.80. The molecule has 2 atom stereocenters. The Bertz CT molecular complexity index is 709. The number of aromatic hydroxyl groups is 1. The summed E-state index contributed by atoms with van der Waals surface area (Å²) >= 11 is 0. The van der Waals surface area contributed by atoms with Crippen LogP contribution in [0.2, 0.25) is 0 Å². The van der Waals surface area contributed by atoms with Crippen LogP contribution in [0.25, 0.3) is 0 Å². The molecule has 0 radical (unpaired) electrons. The first-order chi connectivity index (χ1) is 11.4. The van der Waals surface area contributed by atoms with E-state index in [2.05, 4.69) is 0 Å². The van der Waals surface area contributed by atoms with Gasteiger partial charge >= 0.3 is 11.9 Å². The summed E-state index contributed by atoms with van der Waals surface area (Å²) < 4.78 is 13.1. The molecule has 0 aliphatic carbocycles. The summed E-state index contributed by atoms with van der Waals surface area (Å²) in [6.07, 6.45) is -0.280. The van der Waals surface area contributed by atoms with E-state index in [0.717, 1.165) is 0 Å². The molecule has 0 bridgehead atoms. The number of phenols is 1. The predicted octanol–water partition coefficient (Wildman–Crippen LogP) is 3.03. The third kappa shape index (κ3) is 4.55. The molecule has 0 heterocycles. The number of benzene rings is 2.